The Balaban J connectivity index is 1.97. The van der Waals surface area contributed by atoms with Crippen molar-refractivity contribution in [2.45, 2.75) is 31.2 Å². The first-order valence-corrected chi connectivity index (χ1v) is 7.24. The van der Waals surface area contributed by atoms with Crippen LogP contribution in [0.15, 0.2) is 21.9 Å². The number of hydrogen-bond donors (Lipinski definition) is 1. The Morgan fingerprint density at radius 2 is 2.25 bits per heavy atom. The van der Waals surface area contributed by atoms with Gasteiger partial charge < -0.3 is 5.32 Å². The maximum Gasteiger partial charge on any atom is 0.101 e. The lowest BCUT2D eigenvalue weighted by atomic mass is 10.0. The predicted octanol–water partition coefficient (Wildman–Crippen LogP) is 3.04. The van der Waals surface area contributed by atoms with Crippen LogP contribution in [0.1, 0.15) is 22.0 Å². The van der Waals surface area contributed by atoms with Gasteiger partial charge in [0.2, 0.25) is 0 Å². The van der Waals surface area contributed by atoms with Gasteiger partial charge in [-0.05, 0) is 35.8 Å². The predicted molar refractivity (Wildman–Crippen MR) is 72.5 cm³/mol. The van der Waals surface area contributed by atoms with E-state index in [9.17, 15) is 0 Å². The van der Waals surface area contributed by atoms with E-state index in [4.69, 9.17) is 0 Å². The minimum atomic E-state index is 0.324. The molecule has 16 heavy (non-hydrogen) atoms. The number of nitrogens with zero attached hydrogens (tertiary/aromatic N) is 1. The number of fused-ring (bicyclic) bond motifs is 1. The molecule has 1 aromatic heterocycles. The molecule has 0 saturated heterocycles. The van der Waals surface area contributed by atoms with Crippen molar-refractivity contribution < 1.29 is 0 Å². The van der Waals surface area contributed by atoms with Crippen molar-refractivity contribution in [1.82, 2.24) is 5.32 Å². The van der Waals surface area contributed by atoms with E-state index >= 15 is 0 Å². The molecule has 1 N–H and O–H groups in total. The van der Waals surface area contributed by atoms with Crippen LogP contribution in [0.2, 0.25) is 0 Å². The Hall–Kier alpha value is -0.740. The Labute approximate surface area is 104 Å². The number of thiophene rings is 1. The second kappa shape index (κ2) is 3.93. The van der Waals surface area contributed by atoms with Crippen LogP contribution in [0, 0.1) is 13.8 Å². The maximum absolute atomic E-state index is 4.63. The third-order valence-corrected chi connectivity index (χ3v) is 5.73. The number of rotatable bonds is 1. The zero-order valence-electron chi connectivity index (χ0n) is 9.31. The lowest BCUT2D eigenvalue weighted by Crippen LogP contribution is -2.40. The molecule has 0 saturated carbocycles. The number of hydrogen-bond acceptors (Lipinski definition) is 4. The van der Waals surface area contributed by atoms with Crippen LogP contribution in [0.3, 0.4) is 0 Å². The standard InChI is InChI=1S/C12H14N2S2/c1-7-5-16-11(8(7)2)10-12-9(3-4-15-12)13-6-14-10/h3-6,9-10,12H,1-2H3,(H,13,14). The summed E-state index contributed by atoms with van der Waals surface area (Å²) in [6.07, 6.45) is 4.11. The van der Waals surface area contributed by atoms with Crippen LogP contribution in [-0.4, -0.2) is 17.6 Å². The summed E-state index contributed by atoms with van der Waals surface area (Å²) in [6, 6.07) is 0.777. The third kappa shape index (κ3) is 1.52. The fourth-order valence-electron chi connectivity index (χ4n) is 2.16. The summed E-state index contributed by atoms with van der Waals surface area (Å²) in [5.74, 6) is 0. The van der Waals surface area contributed by atoms with Crippen molar-refractivity contribution in [1.29, 1.82) is 0 Å². The van der Waals surface area contributed by atoms with Crippen molar-refractivity contribution in [3.8, 4) is 0 Å². The highest BCUT2D eigenvalue weighted by molar-refractivity contribution is 8.03. The van der Waals surface area contributed by atoms with Gasteiger partial charge >= 0.3 is 0 Å². The molecule has 0 aromatic carbocycles. The molecule has 0 amide bonds. The second-order valence-corrected chi connectivity index (χ2v) is 6.25. The molecular formula is C12H14N2S2. The number of aryl methyl sites for hydroxylation is 1. The highest BCUT2D eigenvalue weighted by Gasteiger charge is 2.35. The fourth-order valence-corrected chi connectivity index (χ4v) is 4.55. The molecule has 2 aliphatic rings. The molecule has 0 aliphatic carbocycles. The van der Waals surface area contributed by atoms with E-state index in [1.54, 1.807) is 0 Å². The van der Waals surface area contributed by atoms with Gasteiger partial charge in [0.1, 0.15) is 6.04 Å². The largest absolute Gasteiger partial charge is 0.369 e. The van der Waals surface area contributed by atoms with Gasteiger partial charge in [-0.15, -0.1) is 23.1 Å². The molecular weight excluding hydrogens is 236 g/mol. The van der Waals surface area contributed by atoms with Crippen LogP contribution >= 0.6 is 23.1 Å². The number of nitrogens with one attached hydrogen (secondary N) is 1. The fraction of sp³-hybridized carbons (Fsp3) is 0.417. The molecule has 0 spiro atoms. The van der Waals surface area contributed by atoms with Crippen molar-refractivity contribution in [2.75, 3.05) is 0 Å². The monoisotopic (exact) mass is 250 g/mol. The van der Waals surface area contributed by atoms with Gasteiger partial charge in [0.05, 0.1) is 17.6 Å². The summed E-state index contributed by atoms with van der Waals surface area (Å²) < 4.78 is 0. The van der Waals surface area contributed by atoms with Crippen LogP contribution in [0.5, 0.6) is 0 Å². The molecule has 2 nitrogen and oxygen atoms in total. The van der Waals surface area contributed by atoms with Crippen molar-refractivity contribution >= 4 is 29.4 Å². The van der Waals surface area contributed by atoms with E-state index in [-0.39, 0.29) is 0 Å². The van der Waals surface area contributed by atoms with E-state index in [0.29, 0.717) is 17.3 Å². The Bertz CT molecular complexity index is 462. The van der Waals surface area contributed by atoms with Gasteiger partial charge in [-0.25, -0.2) is 0 Å². The molecule has 3 atom stereocenters. The van der Waals surface area contributed by atoms with Gasteiger partial charge in [-0.3, -0.25) is 4.99 Å². The quantitative estimate of drug-likeness (QED) is 0.828. The Morgan fingerprint density at radius 1 is 1.38 bits per heavy atom. The van der Waals surface area contributed by atoms with Crippen LogP contribution < -0.4 is 5.32 Å². The molecule has 0 radical (unpaired) electrons. The van der Waals surface area contributed by atoms with Crippen LogP contribution in [-0.2, 0) is 0 Å². The highest BCUT2D eigenvalue weighted by Crippen LogP contribution is 2.42. The van der Waals surface area contributed by atoms with E-state index in [0.717, 1.165) is 0 Å². The van der Waals surface area contributed by atoms with Gasteiger partial charge in [-0.2, -0.15) is 0 Å². The van der Waals surface area contributed by atoms with Crippen LogP contribution in [0.25, 0.3) is 0 Å². The summed E-state index contributed by atoms with van der Waals surface area (Å²) in [5.41, 5.74) is 2.81. The van der Waals surface area contributed by atoms with Gasteiger partial charge in [0.15, 0.2) is 0 Å². The summed E-state index contributed by atoms with van der Waals surface area (Å²) in [6.45, 7) is 4.39. The van der Waals surface area contributed by atoms with Crippen molar-refractivity contribution in [3.63, 3.8) is 0 Å². The van der Waals surface area contributed by atoms with Gasteiger partial charge in [0, 0.05) is 4.88 Å². The molecule has 3 heterocycles. The first kappa shape index (κ1) is 10.4. The zero-order valence-corrected chi connectivity index (χ0v) is 10.9. The minimum Gasteiger partial charge on any atom is -0.369 e. The molecule has 0 bridgehead atoms. The summed E-state index contributed by atoms with van der Waals surface area (Å²) >= 11 is 3.75. The average Bonchev–Trinajstić information content (AvgIpc) is 2.87. The average molecular weight is 250 g/mol. The molecule has 4 heteroatoms. The lowest BCUT2D eigenvalue weighted by molar-refractivity contribution is 0.572. The lowest BCUT2D eigenvalue weighted by Gasteiger charge is -2.29. The van der Waals surface area contributed by atoms with E-state index < -0.39 is 0 Å². The zero-order chi connectivity index (χ0) is 11.1. The molecule has 3 unspecified atom stereocenters. The molecule has 2 aliphatic heterocycles. The normalized spacial score (nSPS) is 31.5. The molecule has 1 aromatic rings. The maximum atomic E-state index is 4.63. The third-order valence-electron chi connectivity index (χ3n) is 3.28. The number of aliphatic imine (C=N–C) groups is 1. The SMILES string of the molecule is Cc1csc(C2N=CNC3C=CSC32)c1C. The molecule has 3 rings (SSSR count). The van der Waals surface area contributed by atoms with Crippen molar-refractivity contribution in [2.24, 2.45) is 4.99 Å². The Kier molecular flexibility index (Phi) is 2.56. The first-order valence-electron chi connectivity index (χ1n) is 5.42. The summed E-state index contributed by atoms with van der Waals surface area (Å²) in [4.78, 5) is 6.06. The van der Waals surface area contributed by atoms with Crippen molar-refractivity contribution in [3.05, 3.63) is 32.9 Å². The summed E-state index contributed by atoms with van der Waals surface area (Å²) in [5, 5.41) is 8.28. The highest BCUT2D eigenvalue weighted by atomic mass is 32.2. The molecule has 84 valence electrons. The number of thioether (sulfide) groups is 1. The van der Waals surface area contributed by atoms with Gasteiger partial charge in [0.25, 0.3) is 0 Å². The summed E-state index contributed by atoms with van der Waals surface area (Å²) in [7, 11) is 0. The molecule has 0 fully saturated rings. The van der Waals surface area contributed by atoms with E-state index in [1.165, 1.54) is 16.0 Å². The second-order valence-electron chi connectivity index (χ2n) is 4.25. The Morgan fingerprint density at radius 3 is 3.00 bits per heavy atom. The minimum absolute atomic E-state index is 0.324. The van der Waals surface area contributed by atoms with Gasteiger partial charge in [-0.1, -0.05) is 6.08 Å². The smallest absolute Gasteiger partial charge is 0.101 e. The topological polar surface area (TPSA) is 24.4 Å². The first-order chi connectivity index (χ1) is 7.77. The van der Waals surface area contributed by atoms with E-state index in [1.807, 2.05) is 29.4 Å². The van der Waals surface area contributed by atoms with Crippen LogP contribution in [0.4, 0.5) is 0 Å². The van der Waals surface area contributed by atoms with E-state index in [2.05, 4.69) is 41.0 Å².